The molecule has 4 aromatic carbocycles. The molecule has 0 bridgehead atoms. The fourth-order valence-electron chi connectivity index (χ4n) is 6.38. The zero-order valence-electron chi connectivity index (χ0n) is 35.5. The molecule has 0 aliphatic heterocycles. The average molecular weight is 879 g/mol. The number of ether oxygens (including phenoxy) is 2. The standard InChI is InChI=1S/C23H21FN6O3.C23H22N6O3/c1-25-22(31)20-9-14(7-8-26-20)13-33-17-4-5-19(18(24)11-17)29-23(32)28-16-3-6-21-15(10-16)12-27-30(21)2;1-24-22(30)20-10-15(8-9-25-20)14-32-19-5-3-4-17(12-19)27-23(31)28-18-6-7-21-16(11-18)13-26-29(21)2/h3-12H,13H2,1-2H3,(H,25,31)(H2,28,29,32);3-13H,14H2,1-2H3,(H,24,30)(H2,27,28,31). The van der Waals surface area contributed by atoms with Crippen LogP contribution in [0.3, 0.4) is 0 Å². The highest BCUT2D eigenvalue weighted by molar-refractivity contribution is 6.02. The molecule has 4 aromatic heterocycles. The first-order chi connectivity index (χ1) is 31.4. The number of pyridine rings is 2. The summed E-state index contributed by atoms with van der Waals surface area (Å²) in [4.78, 5) is 56.1. The largest absolute Gasteiger partial charge is 0.489 e. The molecule has 0 unspecified atom stereocenters. The number of halogens is 1. The van der Waals surface area contributed by atoms with Gasteiger partial charge in [0.2, 0.25) is 0 Å². The molecule has 65 heavy (non-hydrogen) atoms. The van der Waals surface area contributed by atoms with Crippen LogP contribution in [0.25, 0.3) is 21.8 Å². The zero-order chi connectivity index (χ0) is 45.9. The predicted molar refractivity (Wildman–Crippen MR) is 243 cm³/mol. The second-order valence-electron chi connectivity index (χ2n) is 14.2. The molecule has 4 heterocycles. The topological polar surface area (TPSA) is 220 Å². The fourth-order valence-corrected chi connectivity index (χ4v) is 6.38. The van der Waals surface area contributed by atoms with Crippen LogP contribution in [0.2, 0.25) is 0 Å². The third kappa shape index (κ3) is 11.5. The third-order valence-corrected chi connectivity index (χ3v) is 9.67. The monoisotopic (exact) mass is 878 g/mol. The lowest BCUT2D eigenvalue weighted by Gasteiger charge is -2.11. The van der Waals surface area contributed by atoms with Crippen molar-refractivity contribution in [2.45, 2.75) is 13.2 Å². The van der Waals surface area contributed by atoms with Crippen LogP contribution in [0.4, 0.5) is 36.7 Å². The number of carbonyl (C=O) groups is 4. The number of hydrogen-bond acceptors (Lipinski definition) is 10. The van der Waals surface area contributed by atoms with E-state index in [4.69, 9.17) is 9.47 Å². The zero-order valence-corrected chi connectivity index (χ0v) is 35.5. The van der Waals surface area contributed by atoms with E-state index in [0.717, 1.165) is 27.4 Å². The number of fused-ring (bicyclic) bond motifs is 2. The van der Waals surface area contributed by atoms with Gasteiger partial charge in [0, 0.05) is 80.6 Å². The van der Waals surface area contributed by atoms with Gasteiger partial charge >= 0.3 is 12.1 Å². The van der Waals surface area contributed by atoms with Crippen molar-refractivity contribution in [3.05, 3.63) is 156 Å². The van der Waals surface area contributed by atoms with Crippen LogP contribution < -0.4 is 41.4 Å². The van der Waals surface area contributed by atoms with Crippen molar-refractivity contribution >= 4 is 68.4 Å². The number of aromatic nitrogens is 6. The highest BCUT2D eigenvalue weighted by Crippen LogP contribution is 2.24. The molecule has 330 valence electrons. The predicted octanol–water partition coefficient (Wildman–Crippen LogP) is 7.24. The van der Waals surface area contributed by atoms with E-state index in [2.05, 4.69) is 52.1 Å². The van der Waals surface area contributed by atoms with Crippen molar-refractivity contribution in [2.75, 3.05) is 35.4 Å². The van der Waals surface area contributed by atoms with Crippen molar-refractivity contribution in [1.29, 1.82) is 0 Å². The molecule has 0 spiro atoms. The van der Waals surface area contributed by atoms with Crippen LogP contribution in [-0.2, 0) is 27.3 Å². The first-order valence-corrected chi connectivity index (χ1v) is 19.9. The van der Waals surface area contributed by atoms with E-state index in [1.54, 1.807) is 102 Å². The number of nitrogens with zero attached hydrogens (tertiary/aromatic N) is 6. The minimum absolute atomic E-state index is 0.00752. The molecule has 6 N–H and O–H groups in total. The van der Waals surface area contributed by atoms with Crippen LogP contribution >= 0.6 is 0 Å². The summed E-state index contributed by atoms with van der Waals surface area (Å²) in [5.74, 6) is -0.355. The van der Waals surface area contributed by atoms with Gasteiger partial charge in [0.1, 0.15) is 41.9 Å². The Morgan fingerprint density at radius 3 is 1.57 bits per heavy atom. The summed E-state index contributed by atoms with van der Waals surface area (Å²) < 4.78 is 29.4. The van der Waals surface area contributed by atoms with Gasteiger partial charge in [0.05, 0.1) is 29.1 Å². The summed E-state index contributed by atoms with van der Waals surface area (Å²) in [6.45, 7) is 0.378. The number of carbonyl (C=O) groups excluding carboxylic acids is 4. The van der Waals surface area contributed by atoms with E-state index in [9.17, 15) is 23.6 Å². The highest BCUT2D eigenvalue weighted by Gasteiger charge is 2.12. The molecular formula is C46H43FN12O6. The maximum absolute atomic E-state index is 14.5. The van der Waals surface area contributed by atoms with E-state index in [1.165, 1.54) is 25.4 Å². The minimum atomic E-state index is -0.647. The molecule has 0 aliphatic rings. The van der Waals surface area contributed by atoms with E-state index in [0.29, 0.717) is 34.1 Å². The van der Waals surface area contributed by atoms with Gasteiger partial charge in [-0.05, 0) is 96.1 Å². The Balaban J connectivity index is 0.000000194. The first-order valence-electron chi connectivity index (χ1n) is 19.9. The van der Waals surface area contributed by atoms with Crippen molar-refractivity contribution in [1.82, 2.24) is 40.2 Å². The number of hydrogen-bond donors (Lipinski definition) is 6. The molecule has 0 atom stereocenters. The Morgan fingerprint density at radius 2 is 1.06 bits per heavy atom. The normalized spacial score (nSPS) is 10.6. The SMILES string of the molecule is CNC(=O)c1cc(COc2ccc(NC(=O)Nc3ccc4c(cnn4C)c3)c(F)c2)ccn1.CNC(=O)c1cc(COc2cccc(NC(=O)Nc3ccc4c(cnn4C)c3)c2)ccn1. The lowest BCUT2D eigenvalue weighted by atomic mass is 10.2. The van der Waals surface area contributed by atoms with E-state index in [-0.39, 0.29) is 48.2 Å². The van der Waals surface area contributed by atoms with Crippen LogP contribution in [0.15, 0.2) is 128 Å². The lowest BCUT2D eigenvalue weighted by molar-refractivity contribution is 0.0950. The van der Waals surface area contributed by atoms with Crippen LogP contribution in [0, 0.1) is 5.82 Å². The average Bonchev–Trinajstić information content (AvgIpc) is 3.88. The molecule has 0 radical (unpaired) electrons. The van der Waals surface area contributed by atoms with Crippen LogP contribution in [0.5, 0.6) is 11.5 Å². The number of benzene rings is 4. The Kier molecular flexibility index (Phi) is 13.8. The van der Waals surface area contributed by atoms with Crippen molar-refractivity contribution in [3.8, 4) is 11.5 Å². The summed E-state index contributed by atoms with van der Waals surface area (Å²) in [5, 5.41) is 26.0. The summed E-state index contributed by atoms with van der Waals surface area (Å²) >= 11 is 0. The maximum Gasteiger partial charge on any atom is 0.323 e. The molecule has 0 fully saturated rings. The minimum Gasteiger partial charge on any atom is -0.489 e. The molecule has 6 amide bonds. The summed E-state index contributed by atoms with van der Waals surface area (Å²) in [7, 11) is 6.77. The van der Waals surface area contributed by atoms with Gasteiger partial charge in [0.25, 0.3) is 11.8 Å². The van der Waals surface area contributed by atoms with Gasteiger partial charge in [-0.25, -0.2) is 14.0 Å². The van der Waals surface area contributed by atoms with Gasteiger partial charge in [-0.2, -0.15) is 10.2 Å². The molecular weight excluding hydrogens is 836 g/mol. The fraction of sp³-hybridized carbons (Fsp3) is 0.130. The number of amides is 6. The first kappa shape index (κ1) is 44.2. The van der Waals surface area contributed by atoms with Gasteiger partial charge in [-0.15, -0.1) is 0 Å². The Bertz CT molecular complexity index is 3030. The summed E-state index contributed by atoms with van der Waals surface area (Å²) in [6, 6.07) is 28.0. The molecule has 18 nitrogen and oxygen atoms in total. The number of nitrogens with one attached hydrogen (secondary N) is 6. The van der Waals surface area contributed by atoms with E-state index < -0.39 is 11.8 Å². The molecule has 0 aliphatic carbocycles. The van der Waals surface area contributed by atoms with Crippen molar-refractivity contribution in [3.63, 3.8) is 0 Å². The van der Waals surface area contributed by atoms with Crippen LogP contribution in [-0.4, -0.2) is 67.5 Å². The van der Waals surface area contributed by atoms with E-state index >= 15 is 0 Å². The Hall–Kier alpha value is -8.87. The molecule has 19 heteroatoms. The Labute approximate surface area is 371 Å². The quantitative estimate of drug-likeness (QED) is 0.0722. The van der Waals surface area contributed by atoms with Crippen LogP contribution in [0.1, 0.15) is 32.1 Å². The third-order valence-electron chi connectivity index (χ3n) is 9.67. The number of rotatable bonds is 12. The second kappa shape index (κ2) is 20.3. The maximum atomic E-state index is 14.5. The van der Waals surface area contributed by atoms with Gasteiger partial charge in [-0.1, -0.05) is 6.07 Å². The van der Waals surface area contributed by atoms with E-state index in [1.807, 2.05) is 38.4 Å². The molecule has 8 aromatic rings. The number of aryl methyl sites for hydroxylation is 2. The molecule has 8 rings (SSSR count). The number of urea groups is 2. The van der Waals surface area contributed by atoms with Crippen molar-refractivity contribution < 1.29 is 33.0 Å². The Morgan fingerprint density at radius 1 is 0.569 bits per heavy atom. The summed E-state index contributed by atoms with van der Waals surface area (Å²) in [5.41, 5.74) is 5.83. The van der Waals surface area contributed by atoms with Gasteiger partial charge in [-0.3, -0.25) is 28.9 Å². The highest BCUT2D eigenvalue weighted by atomic mass is 19.1. The summed E-state index contributed by atoms with van der Waals surface area (Å²) in [6.07, 6.45) is 6.51. The van der Waals surface area contributed by atoms with Crippen molar-refractivity contribution in [2.24, 2.45) is 14.1 Å². The van der Waals surface area contributed by atoms with Gasteiger partial charge < -0.3 is 41.4 Å². The lowest BCUT2D eigenvalue weighted by Crippen LogP contribution is -2.20. The number of anilines is 4. The molecule has 0 saturated carbocycles. The van der Waals surface area contributed by atoms with Gasteiger partial charge in [0.15, 0.2) is 0 Å². The second-order valence-corrected chi connectivity index (χ2v) is 14.2. The smallest absolute Gasteiger partial charge is 0.323 e. The molecule has 0 saturated heterocycles.